The summed E-state index contributed by atoms with van der Waals surface area (Å²) in [6.07, 6.45) is 3.71. The number of hydrogen-bond acceptors (Lipinski definition) is 5. The number of nitrogens with one attached hydrogen (secondary N) is 1. The number of aliphatic imine (C=N–C) groups is 1. The van der Waals surface area contributed by atoms with Gasteiger partial charge < -0.3 is 24.4 Å². The van der Waals surface area contributed by atoms with E-state index in [1.165, 1.54) is 0 Å². The highest BCUT2D eigenvalue weighted by atomic mass is 127. The van der Waals surface area contributed by atoms with Crippen molar-refractivity contribution in [3.63, 3.8) is 0 Å². The minimum atomic E-state index is -0.237. The summed E-state index contributed by atoms with van der Waals surface area (Å²) in [4.78, 5) is 21.4. The average molecular weight is 533 g/mol. The number of ether oxygens (including phenoxy) is 1. The Hall–Kier alpha value is -1.36. The normalized spacial score (nSPS) is 19.9. The zero-order valence-corrected chi connectivity index (χ0v) is 20.8. The van der Waals surface area contributed by atoms with E-state index in [1.54, 1.807) is 0 Å². The largest absolute Gasteiger partial charge is 0.368 e. The molecule has 2 aliphatic rings. The van der Waals surface area contributed by atoms with Crippen LogP contribution in [0.4, 0.5) is 0 Å². The first-order valence-corrected chi connectivity index (χ1v) is 11.0. The monoisotopic (exact) mass is 533 g/mol. The number of rotatable bonds is 7. The highest BCUT2D eigenvalue weighted by Crippen LogP contribution is 2.22. The minimum absolute atomic E-state index is 0. The quantitative estimate of drug-likeness (QED) is 0.330. The van der Waals surface area contributed by atoms with Gasteiger partial charge in [-0.1, -0.05) is 19.0 Å². The van der Waals surface area contributed by atoms with Crippen LogP contribution in [0.15, 0.2) is 15.6 Å². The number of carbonyl (C=O) groups excluding carboxylic acids is 1. The Kier molecular flexibility index (Phi) is 10.4. The van der Waals surface area contributed by atoms with Crippen molar-refractivity contribution in [2.75, 3.05) is 39.3 Å². The lowest BCUT2D eigenvalue weighted by atomic mass is 9.99. The zero-order chi connectivity index (χ0) is 20.6. The second kappa shape index (κ2) is 12.5. The number of piperazine rings is 1. The van der Waals surface area contributed by atoms with Gasteiger partial charge in [0, 0.05) is 51.3 Å². The molecule has 30 heavy (non-hydrogen) atoms. The Labute approximate surface area is 196 Å². The van der Waals surface area contributed by atoms with E-state index in [0.717, 1.165) is 62.7 Å². The van der Waals surface area contributed by atoms with E-state index < -0.39 is 0 Å². The molecule has 1 amide bonds. The van der Waals surface area contributed by atoms with Crippen LogP contribution in [0.1, 0.15) is 63.8 Å². The molecule has 0 bridgehead atoms. The highest BCUT2D eigenvalue weighted by Gasteiger charge is 2.30. The molecule has 0 spiro atoms. The maximum atomic E-state index is 12.5. The molecule has 2 saturated heterocycles. The number of nitrogens with zero attached hydrogens (tertiary/aromatic N) is 4. The summed E-state index contributed by atoms with van der Waals surface area (Å²) in [6, 6.07) is 2.03. The Bertz CT molecular complexity index is 678. The van der Waals surface area contributed by atoms with Crippen LogP contribution in [0, 0.1) is 0 Å². The van der Waals surface area contributed by atoms with E-state index in [2.05, 4.69) is 36.1 Å². The molecule has 3 heterocycles. The second-order valence-corrected chi connectivity index (χ2v) is 7.72. The molecule has 1 N–H and O–H groups in total. The molecule has 2 aliphatic heterocycles. The van der Waals surface area contributed by atoms with E-state index in [4.69, 9.17) is 14.3 Å². The van der Waals surface area contributed by atoms with Crippen LogP contribution in [0.3, 0.4) is 0 Å². The smallest absolute Gasteiger partial charge is 0.251 e. The predicted molar refractivity (Wildman–Crippen MR) is 127 cm³/mol. The molecular weight excluding hydrogens is 497 g/mol. The van der Waals surface area contributed by atoms with Gasteiger partial charge in [0.2, 0.25) is 0 Å². The van der Waals surface area contributed by atoms with Crippen molar-refractivity contribution in [1.82, 2.24) is 20.3 Å². The van der Waals surface area contributed by atoms with Crippen molar-refractivity contribution >= 4 is 35.8 Å². The lowest BCUT2D eigenvalue weighted by Gasteiger charge is -2.37. The molecule has 0 radical (unpaired) electrons. The van der Waals surface area contributed by atoms with Crippen LogP contribution in [0.5, 0.6) is 0 Å². The third-order valence-electron chi connectivity index (χ3n) is 5.80. The third-order valence-corrected chi connectivity index (χ3v) is 5.80. The van der Waals surface area contributed by atoms with Gasteiger partial charge in [-0.15, -0.1) is 24.0 Å². The van der Waals surface area contributed by atoms with Gasteiger partial charge in [0.1, 0.15) is 12.6 Å². The molecule has 1 aromatic rings. The first kappa shape index (κ1) is 24.9. The molecule has 1 unspecified atom stereocenters. The van der Waals surface area contributed by atoms with Gasteiger partial charge in [-0.2, -0.15) is 0 Å². The van der Waals surface area contributed by atoms with Crippen molar-refractivity contribution in [2.45, 2.75) is 65.0 Å². The molecule has 8 nitrogen and oxygen atoms in total. The van der Waals surface area contributed by atoms with E-state index in [0.29, 0.717) is 32.2 Å². The van der Waals surface area contributed by atoms with Gasteiger partial charge in [0.05, 0.1) is 5.69 Å². The number of amides is 1. The van der Waals surface area contributed by atoms with Gasteiger partial charge in [-0.25, -0.2) is 4.99 Å². The van der Waals surface area contributed by atoms with E-state index in [9.17, 15) is 4.79 Å². The third kappa shape index (κ3) is 6.32. The Morgan fingerprint density at radius 2 is 1.93 bits per heavy atom. The van der Waals surface area contributed by atoms with Crippen LogP contribution < -0.4 is 5.32 Å². The summed E-state index contributed by atoms with van der Waals surface area (Å²) < 4.78 is 11.0. The number of hydrogen-bond donors (Lipinski definition) is 1. The highest BCUT2D eigenvalue weighted by molar-refractivity contribution is 14.0. The van der Waals surface area contributed by atoms with Crippen LogP contribution in [0.25, 0.3) is 0 Å². The molecule has 0 aromatic carbocycles. The lowest BCUT2D eigenvalue weighted by Crippen LogP contribution is -2.55. The molecule has 1 atom stereocenters. The minimum Gasteiger partial charge on any atom is -0.368 e. The van der Waals surface area contributed by atoms with Crippen LogP contribution >= 0.6 is 24.0 Å². The van der Waals surface area contributed by atoms with E-state index in [1.807, 2.05) is 11.0 Å². The molecule has 3 rings (SSSR count). The fourth-order valence-electron chi connectivity index (χ4n) is 4.00. The molecule has 170 valence electrons. The van der Waals surface area contributed by atoms with E-state index >= 15 is 0 Å². The maximum absolute atomic E-state index is 12.5. The van der Waals surface area contributed by atoms with E-state index in [-0.39, 0.29) is 36.0 Å². The van der Waals surface area contributed by atoms with Gasteiger partial charge in [-0.05, 0) is 32.6 Å². The molecule has 2 fully saturated rings. The number of aromatic nitrogens is 1. The fourth-order valence-corrected chi connectivity index (χ4v) is 4.00. The lowest BCUT2D eigenvalue weighted by molar-refractivity contribution is -0.142. The van der Waals surface area contributed by atoms with Gasteiger partial charge in [0.15, 0.2) is 11.7 Å². The Morgan fingerprint density at radius 1 is 1.23 bits per heavy atom. The summed E-state index contributed by atoms with van der Waals surface area (Å²) in [5, 5.41) is 7.59. The molecule has 9 heteroatoms. The summed E-state index contributed by atoms with van der Waals surface area (Å²) in [6.45, 7) is 11.3. The van der Waals surface area contributed by atoms with Gasteiger partial charge >= 0.3 is 0 Å². The van der Waals surface area contributed by atoms with Crippen molar-refractivity contribution in [3.8, 4) is 0 Å². The standard InChI is InChI=1S/C21H35N5O3.HI/c1-4-16(5-2)18-14-17(29-24-18)15-23-21(22-6-3)26-11-9-25(10-12-26)20(27)19-8-7-13-28-19;/h14,16,19H,4-13,15H2,1-3H3,(H,22,23);1H. The summed E-state index contributed by atoms with van der Waals surface area (Å²) in [7, 11) is 0. The zero-order valence-electron chi connectivity index (χ0n) is 18.4. The van der Waals surface area contributed by atoms with Crippen LogP contribution in [-0.4, -0.2) is 72.3 Å². The Balaban J connectivity index is 0.00000320. The summed E-state index contributed by atoms with van der Waals surface area (Å²) in [5.41, 5.74) is 1.02. The number of halogens is 1. The van der Waals surface area contributed by atoms with Crippen molar-refractivity contribution < 1.29 is 14.1 Å². The van der Waals surface area contributed by atoms with Crippen molar-refractivity contribution in [2.24, 2.45) is 4.99 Å². The summed E-state index contributed by atoms with van der Waals surface area (Å²) in [5.74, 6) is 2.23. The second-order valence-electron chi connectivity index (χ2n) is 7.72. The van der Waals surface area contributed by atoms with Crippen LogP contribution in [0.2, 0.25) is 0 Å². The number of carbonyl (C=O) groups is 1. The average Bonchev–Trinajstić information content (AvgIpc) is 3.44. The fraction of sp³-hybridized carbons (Fsp3) is 0.762. The summed E-state index contributed by atoms with van der Waals surface area (Å²) >= 11 is 0. The van der Waals surface area contributed by atoms with Gasteiger partial charge in [-0.3, -0.25) is 4.79 Å². The first-order valence-electron chi connectivity index (χ1n) is 11.0. The molecule has 0 saturated carbocycles. The maximum Gasteiger partial charge on any atom is 0.251 e. The topological polar surface area (TPSA) is 83.2 Å². The molecule has 1 aromatic heterocycles. The predicted octanol–water partition coefficient (Wildman–Crippen LogP) is 2.98. The van der Waals surface area contributed by atoms with Crippen molar-refractivity contribution in [3.05, 3.63) is 17.5 Å². The Morgan fingerprint density at radius 3 is 2.53 bits per heavy atom. The molecular formula is C21H36IN5O3. The number of guanidine groups is 1. The SMILES string of the molecule is CCNC(=NCc1cc(C(CC)CC)no1)N1CCN(C(=O)C2CCCO2)CC1.I. The van der Waals surface area contributed by atoms with Crippen LogP contribution in [-0.2, 0) is 16.1 Å². The van der Waals surface area contributed by atoms with Gasteiger partial charge in [0.25, 0.3) is 5.91 Å². The first-order chi connectivity index (χ1) is 14.2. The van der Waals surface area contributed by atoms with Crippen molar-refractivity contribution in [1.29, 1.82) is 0 Å². The molecule has 0 aliphatic carbocycles.